The maximum Gasteiger partial charge on any atom is 0.225 e. The van der Waals surface area contributed by atoms with Gasteiger partial charge in [-0.05, 0) is 57.3 Å². The van der Waals surface area contributed by atoms with Crippen molar-refractivity contribution in [2.75, 3.05) is 46.4 Å². The van der Waals surface area contributed by atoms with Crippen LogP contribution in [-0.4, -0.2) is 68.0 Å². The Balaban J connectivity index is 0.00000300. The van der Waals surface area contributed by atoms with E-state index in [9.17, 15) is 9.59 Å². The molecule has 0 saturated carbocycles. The molecule has 2 aliphatic heterocycles. The third kappa shape index (κ3) is 6.89. The van der Waals surface area contributed by atoms with E-state index in [0.717, 1.165) is 51.1 Å². The highest BCUT2D eigenvalue weighted by molar-refractivity contribution is 5.85. The van der Waals surface area contributed by atoms with Gasteiger partial charge in [0.25, 0.3) is 0 Å². The molecule has 0 radical (unpaired) electrons. The summed E-state index contributed by atoms with van der Waals surface area (Å²) in [5.41, 5.74) is 0. The number of rotatable bonds is 7. The number of hydrogen-bond acceptors (Lipinski definition) is 4. The minimum absolute atomic E-state index is 0. The number of nitrogens with zero attached hydrogens (tertiary/aromatic N) is 2. The molecule has 1 aromatic rings. The van der Waals surface area contributed by atoms with Gasteiger partial charge in [-0.1, -0.05) is 18.2 Å². The minimum Gasteiger partial charge on any atom is -0.493 e. The number of benzene rings is 1. The van der Waals surface area contributed by atoms with Crippen molar-refractivity contribution in [2.24, 2.45) is 11.8 Å². The molecule has 2 fully saturated rings. The Morgan fingerprint density at radius 2 is 1.62 bits per heavy atom. The van der Waals surface area contributed by atoms with Crippen LogP contribution in [-0.2, 0) is 9.59 Å². The van der Waals surface area contributed by atoms with Crippen LogP contribution in [0.4, 0.5) is 0 Å². The summed E-state index contributed by atoms with van der Waals surface area (Å²) in [6, 6.07) is 9.56. The first-order chi connectivity index (χ1) is 13.7. The maximum absolute atomic E-state index is 12.8. The van der Waals surface area contributed by atoms with Gasteiger partial charge >= 0.3 is 0 Å². The largest absolute Gasteiger partial charge is 0.493 e. The SMILES string of the molecule is CNCC1CCN(C(=O)C2CCN(C(=O)CCOc3ccccc3)CC2)CC1.Cl. The van der Waals surface area contributed by atoms with Crippen LogP contribution in [0.25, 0.3) is 0 Å². The summed E-state index contributed by atoms with van der Waals surface area (Å²) in [7, 11) is 1.99. The Morgan fingerprint density at radius 1 is 1.00 bits per heavy atom. The van der Waals surface area contributed by atoms with Gasteiger partial charge in [-0.2, -0.15) is 0 Å². The van der Waals surface area contributed by atoms with Gasteiger partial charge in [0.2, 0.25) is 11.8 Å². The predicted octanol–water partition coefficient (Wildman–Crippen LogP) is 2.57. The fourth-order valence-electron chi connectivity index (χ4n) is 4.21. The van der Waals surface area contributed by atoms with E-state index in [4.69, 9.17) is 4.74 Å². The number of nitrogens with one attached hydrogen (secondary N) is 1. The Bertz CT molecular complexity index is 627. The summed E-state index contributed by atoms with van der Waals surface area (Å²) in [4.78, 5) is 29.1. The summed E-state index contributed by atoms with van der Waals surface area (Å²) in [6.07, 6.45) is 4.12. The number of carbonyl (C=O) groups excluding carboxylic acids is 2. The topological polar surface area (TPSA) is 61.9 Å². The zero-order valence-electron chi connectivity index (χ0n) is 17.3. The van der Waals surface area contributed by atoms with Gasteiger partial charge in [0.15, 0.2) is 0 Å². The third-order valence-corrected chi connectivity index (χ3v) is 5.94. The lowest BCUT2D eigenvalue weighted by Gasteiger charge is -2.37. The second-order valence-electron chi connectivity index (χ2n) is 7.89. The van der Waals surface area contributed by atoms with E-state index in [1.165, 1.54) is 0 Å². The molecule has 0 aromatic heterocycles. The van der Waals surface area contributed by atoms with Gasteiger partial charge < -0.3 is 19.9 Å². The van der Waals surface area contributed by atoms with Gasteiger partial charge in [-0.25, -0.2) is 0 Å². The van der Waals surface area contributed by atoms with Crippen LogP contribution in [0.5, 0.6) is 5.75 Å². The van der Waals surface area contributed by atoms with Gasteiger partial charge in [-0.15, -0.1) is 12.4 Å². The number of ether oxygens (including phenoxy) is 1. The molecular formula is C22H34ClN3O3. The Labute approximate surface area is 180 Å². The molecule has 0 unspecified atom stereocenters. The number of hydrogen-bond donors (Lipinski definition) is 1. The van der Waals surface area contributed by atoms with Crippen molar-refractivity contribution in [1.29, 1.82) is 0 Å². The number of para-hydroxylation sites is 1. The van der Waals surface area contributed by atoms with Gasteiger partial charge in [0.1, 0.15) is 5.75 Å². The van der Waals surface area contributed by atoms with Gasteiger partial charge in [-0.3, -0.25) is 9.59 Å². The average Bonchev–Trinajstić information content (AvgIpc) is 2.75. The molecule has 2 heterocycles. The normalized spacial score (nSPS) is 18.2. The molecule has 0 aliphatic carbocycles. The van der Waals surface area contributed by atoms with E-state index in [2.05, 4.69) is 5.32 Å². The molecule has 6 nitrogen and oxygen atoms in total. The van der Waals surface area contributed by atoms with Crippen LogP contribution in [0.2, 0.25) is 0 Å². The monoisotopic (exact) mass is 423 g/mol. The van der Waals surface area contributed by atoms with Crippen molar-refractivity contribution >= 4 is 24.2 Å². The molecule has 0 spiro atoms. The van der Waals surface area contributed by atoms with Gasteiger partial charge in [0, 0.05) is 32.1 Å². The molecule has 7 heteroatoms. The first-order valence-electron chi connectivity index (χ1n) is 10.6. The number of piperidine rings is 2. The average molecular weight is 424 g/mol. The van der Waals surface area contributed by atoms with Crippen molar-refractivity contribution < 1.29 is 14.3 Å². The lowest BCUT2D eigenvalue weighted by molar-refractivity contribution is -0.142. The fraction of sp³-hybridized carbons (Fsp3) is 0.636. The first kappa shape index (κ1) is 23.5. The molecule has 0 atom stereocenters. The summed E-state index contributed by atoms with van der Waals surface area (Å²) < 4.78 is 5.62. The van der Waals surface area contributed by atoms with Crippen LogP contribution in [0, 0.1) is 11.8 Å². The quantitative estimate of drug-likeness (QED) is 0.732. The van der Waals surface area contributed by atoms with E-state index in [1.54, 1.807) is 0 Å². The number of halogens is 1. The molecule has 162 valence electrons. The van der Waals surface area contributed by atoms with E-state index in [0.29, 0.717) is 37.9 Å². The van der Waals surface area contributed by atoms with Crippen molar-refractivity contribution in [1.82, 2.24) is 15.1 Å². The minimum atomic E-state index is 0. The van der Waals surface area contributed by atoms with Crippen LogP contribution in [0.15, 0.2) is 30.3 Å². The van der Waals surface area contributed by atoms with E-state index in [-0.39, 0.29) is 24.2 Å². The Kier molecular flexibility index (Phi) is 9.74. The fourth-order valence-corrected chi connectivity index (χ4v) is 4.21. The molecule has 2 amide bonds. The number of amides is 2. The lowest BCUT2D eigenvalue weighted by atomic mass is 9.92. The van der Waals surface area contributed by atoms with Crippen molar-refractivity contribution in [3.8, 4) is 5.75 Å². The standard InChI is InChI=1S/C22H33N3O3.ClH/c1-23-17-18-7-12-25(13-8-18)22(27)19-9-14-24(15-10-19)21(26)11-16-28-20-5-3-2-4-6-20;/h2-6,18-19,23H,7-17H2,1H3;1H. The summed E-state index contributed by atoms with van der Waals surface area (Å²) in [5, 5.41) is 3.23. The number of carbonyl (C=O) groups is 2. The van der Waals surface area contributed by atoms with Gasteiger partial charge in [0.05, 0.1) is 13.0 Å². The number of likely N-dealkylation sites (tertiary alicyclic amines) is 2. The highest BCUT2D eigenvalue weighted by Crippen LogP contribution is 2.24. The molecule has 1 aromatic carbocycles. The summed E-state index contributed by atoms with van der Waals surface area (Å²) >= 11 is 0. The molecular weight excluding hydrogens is 390 g/mol. The second kappa shape index (κ2) is 12.0. The van der Waals surface area contributed by atoms with Crippen molar-refractivity contribution in [3.05, 3.63) is 30.3 Å². The highest BCUT2D eigenvalue weighted by atomic mass is 35.5. The van der Waals surface area contributed by atoms with Crippen LogP contribution < -0.4 is 10.1 Å². The summed E-state index contributed by atoms with van der Waals surface area (Å²) in [5.74, 6) is 1.97. The van der Waals surface area contributed by atoms with E-state index in [1.807, 2.05) is 47.2 Å². The van der Waals surface area contributed by atoms with E-state index >= 15 is 0 Å². The maximum atomic E-state index is 12.8. The highest BCUT2D eigenvalue weighted by Gasteiger charge is 2.31. The van der Waals surface area contributed by atoms with Crippen LogP contribution >= 0.6 is 12.4 Å². The Morgan fingerprint density at radius 3 is 2.24 bits per heavy atom. The third-order valence-electron chi connectivity index (χ3n) is 5.94. The molecule has 2 aliphatic rings. The zero-order valence-corrected chi connectivity index (χ0v) is 18.2. The second-order valence-corrected chi connectivity index (χ2v) is 7.89. The predicted molar refractivity (Wildman–Crippen MR) is 116 cm³/mol. The Hall–Kier alpha value is -1.79. The van der Waals surface area contributed by atoms with Crippen LogP contribution in [0.3, 0.4) is 0 Å². The first-order valence-corrected chi connectivity index (χ1v) is 10.6. The zero-order chi connectivity index (χ0) is 19.8. The molecule has 0 bridgehead atoms. The molecule has 1 N–H and O–H groups in total. The van der Waals surface area contributed by atoms with Crippen molar-refractivity contribution in [2.45, 2.75) is 32.1 Å². The molecule has 3 rings (SSSR count). The lowest BCUT2D eigenvalue weighted by Crippen LogP contribution is -2.47. The molecule has 29 heavy (non-hydrogen) atoms. The molecule has 2 saturated heterocycles. The van der Waals surface area contributed by atoms with E-state index < -0.39 is 0 Å². The summed E-state index contributed by atoms with van der Waals surface area (Å²) in [6.45, 7) is 4.54. The van der Waals surface area contributed by atoms with Crippen LogP contribution in [0.1, 0.15) is 32.1 Å². The smallest absolute Gasteiger partial charge is 0.225 e. The van der Waals surface area contributed by atoms with Crippen molar-refractivity contribution in [3.63, 3.8) is 0 Å².